The second-order valence-electron chi connectivity index (χ2n) is 5.81. The Balaban J connectivity index is 1.71. The zero-order chi connectivity index (χ0) is 20.0. The molecule has 28 heavy (non-hydrogen) atoms. The molecule has 8 nitrogen and oxygen atoms in total. The number of para-hydroxylation sites is 1. The molecule has 1 amide bonds. The Morgan fingerprint density at radius 3 is 2.21 bits per heavy atom. The van der Waals surface area contributed by atoms with E-state index >= 15 is 0 Å². The topological polar surface area (TPSA) is 109 Å². The molecule has 0 bridgehead atoms. The van der Waals surface area contributed by atoms with E-state index in [2.05, 4.69) is 15.6 Å². The molecule has 0 aliphatic rings. The first-order valence-electron chi connectivity index (χ1n) is 8.33. The number of nitrogens with one attached hydrogen (secondary N) is 3. The quantitative estimate of drug-likeness (QED) is 0.526. The molecule has 0 aliphatic carbocycles. The molecule has 1 heterocycles. The Morgan fingerprint density at radius 2 is 1.54 bits per heavy atom. The van der Waals surface area contributed by atoms with E-state index in [0.717, 1.165) is 4.57 Å². The van der Waals surface area contributed by atoms with Gasteiger partial charge in [-0.2, -0.15) is 0 Å². The van der Waals surface area contributed by atoms with Gasteiger partial charge in [-0.25, -0.2) is 8.42 Å². The Morgan fingerprint density at radius 1 is 0.893 bits per heavy atom. The summed E-state index contributed by atoms with van der Waals surface area (Å²) >= 11 is 0. The average Bonchev–Trinajstić information content (AvgIpc) is 2.71. The number of hydrazine groups is 1. The standard InChI is InChI=1S/C19H18N4O4S/c24-18(21-20-15-8-3-1-4-9-15)14-23-13-7-12-17(19(23)25)22-28(26,27)16-10-5-2-6-11-16/h1-13,20,22H,14H2,(H,21,24). The number of amides is 1. The summed E-state index contributed by atoms with van der Waals surface area (Å²) in [5, 5.41) is 0. The van der Waals surface area contributed by atoms with Gasteiger partial charge in [0.25, 0.3) is 21.5 Å². The molecule has 0 fully saturated rings. The van der Waals surface area contributed by atoms with Gasteiger partial charge in [-0.05, 0) is 36.4 Å². The summed E-state index contributed by atoms with van der Waals surface area (Å²) in [6, 6.07) is 19.5. The van der Waals surface area contributed by atoms with Gasteiger partial charge < -0.3 is 4.57 Å². The summed E-state index contributed by atoms with van der Waals surface area (Å²) in [6.45, 7) is -0.278. The van der Waals surface area contributed by atoms with Crippen LogP contribution in [0.5, 0.6) is 0 Å². The Hall–Kier alpha value is -3.59. The van der Waals surface area contributed by atoms with E-state index in [1.165, 1.54) is 30.5 Å². The first-order chi connectivity index (χ1) is 13.5. The maximum atomic E-state index is 12.5. The molecule has 3 N–H and O–H groups in total. The number of hydrogen-bond donors (Lipinski definition) is 3. The zero-order valence-corrected chi connectivity index (χ0v) is 15.5. The second-order valence-corrected chi connectivity index (χ2v) is 7.50. The van der Waals surface area contributed by atoms with Crippen LogP contribution in [0.2, 0.25) is 0 Å². The molecule has 144 valence electrons. The SMILES string of the molecule is O=C(Cn1cccc(NS(=O)(=O)c2ccccc2)c1=O)NNc1ccccc1. The van der Waals surface area contributed by atoms with Gasteiger partial charge in [0.2, 0.25) is 0 Å². The van der Waals surface area contributed by atoms with Crippen LogP contribution in [-0.2, 0) is 21.4 Å². The maximum Gasteiger partial charge on any atom is 0.275 e. The molecule has 0 atom stereocenters. The molecule has 0 saturated carbocycles. The number of hydrogen-bond acceptors (Lipinski definition) is 5. The highest BCUT2D eigenvalue weighted by atomic mass is 32.2. The normalized spacial score (nSPS) is 10.9. The number of carbonyl (C=O) groups is 1. The van der Waals surface area contributed by atoms with Gasteiger partial charge in [-0.3, -0.25) is 25.2 Å². The smallest absolute Gasteiger partial charge is 0.275 e. The first-order valence-corrected chi connectivity index (χ1v) is 9.81. The molecular formula is C19H18N4O4S. The molecule has 0 aliphatic heterocycles. The van der Waals surface area contributed by atoms with Gasteiger partial charge >= 0.3 is 0 Å². The van der Waals surface area contributed by atoms with Crippen LogP contribution >= 0.6 is 0 Å². The number of benzene rings is 2. The van der Waals surface area contributed by atoms with E-state index < -0.39 is 21.5 Å². The molecule has 0 unspecified atom stereocenters. The largest absolute Gasteiger partial charge is 0.304 e. The first kappa shape index (κ1) is 19.2. The minimum Gasteiger partial charge on any atom is -0.304 e. The lowest BCUT2D eigenvalue weighted by atomic mass is 10.3. The zero-order valence-electron chi connectivity index (χ0n) is 14.7. The number of anilines is 2. The number of sulfonamides is 1. The number of rotatable bonds is 7. The Kier molecular flexibility index (Phi) is 5.75. The van der Waals surface area contributed by atoms with Gasteiger partial charge in [0.1, 0.15) is 12.2 Å². The van der Waals surface area contributed by atoms with Gasteiger partial charge in [-0.1, -0.05) is 36.4 Å². The number of aromatic nitrogens is 1. The highest BCUT2D eigenvalue weighted by Crippen LogP contribution is 2.12. The van der Waals surface area contributed by atoms with Crippen molar-refractivity contribution in [2.45, 2.75) is 11.4 Å². The lowest BCUT2D eigenvalue weighted by Gasteiger charge is -2.12. The highest BCUT2D eigenvalue weighted by molar-refractivity contribution is 7.92. The number of nitrogens with zero attached hydrogens (tertiary/aromatic N) is 1. The van der Waals surface area contributed by atoms with Crippen LogP contribution in [0.25, 0.3) is 0 Å². The van der Waals surface area contributed by atoms with E-state index in [4.69, 9.17) is 0 Å². The molecule has 0 radical (unpaired) electrons. The van der Waals surface area contributed by atoms with Crippen LogP contribution in [0.1, 0.15) is 0 Å². The molecule has 2 aromatic carbocycles. The lowest BCUT2D eigenvalue weighted by molar-refractivity contribution is -0.121. The van der Waals surface area contributed by atoms with Crippen LogP contribution in [-0.4, -0.2) is 18.9 Å². The summed E-state index contributed by atoms with van der Waals surface area (Å²) in [6.07, 6.45) is 1.41. The van der Waals surface area contributed by atoms with Gasteiger partial charge in [0, 0.05) is 6.20 Å². The van der Waals surface area contributed by atoms with Crippen LogP contribution < -0.4 is 21.1 Å². The summed E-state index contributed by atoms with van der Waals surface area (Å²) in [5.74, 6) is -0.464. The van der Waals surface area contributed by atoms with Crippen LogP contribution in [0.15, 0.2) is 88.7 Å². The van der Waals surface area contributed by atoms with Crippen molar-refractivity contribution in [1.82, 2.24) is 9.99 Å². The van der Waals surface area contributed by atoms with Crippen molar-refractivity contribution < 1.29 is 13.2 Å². The minimum atomic E-state index is -3.90. The predicted molar refractivity (Wildman–Crippen MR) is 106 cm³/mol. The van der Waals surface area contributed by atoms with Crippen molar-refractivity contribution in [2.75, 3.05) is 10.1 Å². The third-order valence-electron chi connectivity index (χ3n) is 3.75. The molecule has 0 saturated heterocycles. The van der Waals surface area contributed by atoms with E-state index in [0.29, 0.717) is 5.69 Å². The van der Waals surface area contributed by atoms with Crippen molar-refractivity contribution in [1.29, 1.82) is 0 Å². The number of carbonyl (C=O) groups excluding carboxylic acids is 1. The Bertz CT molecular complexity index is 1110. The van der Waals surface area contributed by atoms with Crippen molar-refractivity contribution in [3.05, 3.63) is 89.3 Å². The van der Waals surface area contributed by atoms with Gasteiger partial charge in [-0.15, -0.1) is 0 Å². The predicted octanol–water partition coefficient (Wildman–Crippen LogP) is 1.79. The van der Waals surface area contributed by atoms with Gasteiger partial charge in [0.05, 0.1) is 10.6 Å². The molecular weight excluding hydrogens is 380 g/mol. The minimum absolute atomic E-state index is 0.0367. The van der Waals surface area contributed by atoms with E-state index in [1.807, 2.05) is 6.07 Å². The molecule has 1 aromatic heterocycles. The van der Waals surface area contributed by atoms with Crippen molar-refractivity contribution in [2.24, 2.45) is 0 Å². The highest BCUT2D eigenvalue weighted by Gasteiger charge is 2.16. The maximum absolute atomic E-state index is 12.5. The van der Waals surface area contributed by atoms with E-state index in [9.17, 15) is 18.0 Å². The van der Waals surface area contributed by atoms with Crippen LogP contribution in [0.4, 0.5) is 11.4 Å². The molecule has 9 heteroatoms. The average molecular weight is 398 g/mol. The third-order valence-corrected chi connectivity index (χ3v) is 5.13. The van der Waals surface area contributed by atoms with Crippen LogP contribution in [0.3, 0.4) is 0 Å². The van der Waals surface area contributed by atoms with Crippen molar-refractivity contribution in [3.63, 3.8) is 0 Å². The van der Waals surface area contributed by atoms with E-state index in [1.54, 1.807) is 42.5 Å². The van der Waals surface area contributed by atoms with Crippen molar-refractivity contribution >= 4 is 27.3 Å². The summed E-state index contributed by atoms with van der Waals surface area (Å²) in [5.41, 5.74) is 5.13. The molecule has 0 spiro atoms. The molecule has 3 rings (SSSR count). The summed E-state index contributed by atoms with van der Waals surface area (Å²) in [4.78, 5) is 24.6. The lowest BCUT2D eigenvalue weighted by Crippen LogP contribution is -2.36. The van der Waals surface area contributed by atoms with Crippen LogP contribution in [0, 0.1) is 0 Å². The van der Waals surface area contributed by atoms with Gasteiger partial charge in [0.15, 0.2) is 0 Å². The monoisotopic (exact) mass is 398 g/mol. The fourth-order valence-electron chi connectivity index (χ4n) is 2.40. The number of pyridine rings is 1. The summed E-state index contributed by atoms with van der Waals surface area (Å²) in [7, 11) is -3.90. The summed E-state index contributed by atoms with van der Waals surface area (Å²) < 4.78 is 28.2. The van der Waals surface area contributed by atoms with Crippen molar-refractivity contribution in [3.8, 4) is 0 Å². The molecule has 3 aromatic rings. The fourth-order valence-corrected chi connectivity index (χ4v) is 3.48. The fraction of sp³-hybridized carbons (Fsp3) is 0.0526. The Labute approximate surface area is 161 Å². The van der Waals surface area contributed by atoms with E-state index in [-0.39, 0.29) is 17.1 Å². The second kappa shape index (κ2) is 8.40. The third kappa shape index (κ3) is 4.77.